The zero-order valence-corrected chi connectivity index (χ0v) is 11.6. The number of benzene rings is 1. The zero-order valence-electron chi connectivity index (χ0n) is 11.6. The van der Waals surface area contributed by atoms with Gasteiger partial charge in [-0.15, -0.1) is 0 Å². The number of rotatable bonds is 5. The van der Waals surface area contributed by atoms with E-state index in [0.29, 0.717) is 11.6 Å². The summed E-state index contributed by atoms with van der Waals surface area (Å²) in [5.74, 6) is -0.365. The largest absolute Gasteiger partial charge is 0.366 e. The number of hydrogen-bond acceptors (Lipinski definition) is 3. The minimum Gasteiger partial charge on any atom is -0.366 e. The van der Waals surface area contributed by atoms with Crippen molar-refractivity contribution in [2.75, 3.05) is 19.6 Å². The van der Waals surface area contributed by atoms with Crippen molar-refractivity contribution in [2.45, 2.75) is 32.4 Å². The Morgan fingerprint density at radius 3 is 2.68 bits per heavy atom. The normalized spacial score (nSPS) is 19.6. The molecular formula is C15H23N3O. The van der Waals surface area contributed by atoms with Gasteiger partial charge in [0.05, 0.1) is 0 Å². The number of nitrogens with one attached hydrogen (secondary N) is 1. The van der Waals surface area contributed by atoms with Crippen LogP contribution in [0.1, 0.15) is 35.7 Å². The first-order chi connectivity index (χ1) is 9.20. The predicted octanol–water partition coefficient (Wildman–Crippen LogP) is 1.36. The maximum Gasteiger partial charge on any atom is 0.248 e. The predicted molar refractivity (Wildman–Crippen MR) is 76.9 cm³/mol. The Morgan fingerprint density at radius 2 is 2.16 bits per heavy atom. The molecule has 0 aromatic heterocycles. The Labute approximate surface area is 115 Å². The third kappa shape index (κ3) is 3.78. The van der Waals surface area contributed by atoms with Gasteiger partial charge in [0.25, 0.3) is 0 Å². The number of nitrogens with zero attached hydrogens (tertiary/aromatic N) is 1. The SMILES string of the molecule is CCN(Cc1ccc(C(N)=O)cc1)C1CCCNC1. The van der Waals surface area contributed by atoms with Gasteiger partial charge in [0.2, 0.25) is 5.91 Å². The summed E-state index contributed by atoms with van der Waals surface area (Å²) in [4.78, 5) is 13.5. The summed E-state index contributed by atoms with van der Waals surface area (Å²) in [6.45, 7) is 6.40. The van der Waals surface area contributed by atoms with Crippen molar-refractivity contribution < 1.29 is 4.79 Å². The second kappa shape index (κ2) is 6.68. The summed E-state index contributed by atoms with van der Waals surface area (Å²) < 4.78 is 0. The number of amides is 1. The van der Waals surface area contributed by atoms with Crippen LogP contribution < -0.4 is 11.1 Å². The molecule has 104 valence electrons. The number of piperidine rings is 1. The Morgan fingerprint density at radius 1 is 1.42 bits per heavy atom. The molecule has 1 amide bonds. The van der Waals surface area contributed by atoms with E-state index in [1.54, 1.807) is 0 Å². The van der Waals surface area contributed by atoms with Gasteiger partial charge >= 0.3 is 0 Å². The van der Waals surface area contributed by atoms with Crippen LogP contribution in [-0.4, -0.2) is 36.5 Å². The van der Waals surface area contributed by atoms with Crippen LogP contribution >= 0.6 is 0 Å². The summed E-state index contributed by atoms with van der Waals surface area (Å²) in [7, 11) is 0. The standard InChI is InChI=1S/C15H23N3O/c1-2-18(14-4-3-9-17-10-14)11-12-5-7-13(8-6-12)15(16)19/h5-8,14,17H,2-4,9-11H2,1H3,(H2,16,19). The highest BCUT2D eigenvalue weighted by atomic mass is 16.1. The van der Waals surface area contributed by atoms with Crippen LogP contribution in [0.15, 0.2) is 24.3 Å². The van der Waals surface area contributed by atoms with Gasteiger partial charge < -0.3 is 11.1 Å². The second-order valence-electron chi connectivity index (χ2n) is 5.12. The van der Waals surface area contributed by atoms with Gasteiger partial charge in [-0.25, -0.2) is 0 Å². The molecule has 1 aromatic carbocycles. The van der Waals surface area contributed by atoms with Crippen molar-refractivity contribution in [3.63, 3.8) is 0 Å². The second-order valence-corrected chi connectivity index (χ2v) is 5.12. The average Bonchev–Trinajstić information content (AvgIpc) is 2.46. The number of carbonyl (C=O) groups excluding carboxylic acids is 1. The number of primary amides is 1. The molecule has 0 bridgehead atoms. The maximum atomic E-state index is 11.0. The number of carbonyl (C=O) groups is 1. The first-order valence-electron chi connectivity index (χ1n) is 7.04. The Balaban J connectivity index is 1.99. The molecule has 4 nitrogen and oxygen atoms in total. The van der Waals surface area contributed by atoms with Gasteiger partial charge in [-0.1, -0.05) is 19.1 Å². The summed E-state index contributed by atoms with van der Waals surface area (Å²) in [5, 5.41) is 3.46. The van der Waals surface area contributed by atoms with Gasteiger partial charge in [0.1, 0.15) is 0 Å². The Hall–Kier alpha value is -1.39. The van der Waals surface area contributed by atoms with Crippen LogP contribution in [0, 0.1) is 0 Å². The summed E-state index contributed by atoms with van der Waals surface area (Å²) in [5.41, 5.74) is 7.06. The molecule has 2 rings (SSSR count). The summed E-state index contributed by atoms with van der Waals surface area (Å²) in [6.07, 6.45) is 2.52. The molecule has 3 N–H and O–H groups in total. The lowest BCUT2D eigenvalue weighted by atomic mass is 10.0. The van der Waals surface area contributed by atoms with E-state index in [1.807, 2.05) is 24.3 Å². The quantitative estimate of drug-likeness (QED) is 0.841. The third-order valence-corrected chi connectivity index (χ3v) is 3.82. The molecule has 1 aliphatic rings. The van der Waals surface area contributed by atoms with E-state index >= 15 is 0 Å². The van der Waals surface area contributed by atoms with E-state index in [9.17, 15) is 4.79 Å². The van der Waals surface area contributed by atoms with E-state index in [2.05, 4.69) is 17.1 Å². The molecule has 0 saturated carbocycles. The van der Waals surface area contributed by atoms with Gasteiger partial charge in [-0.05, 0) is 43.6 Å². The Kier molecular flexibility index (Phi) is 4.93. The lowest BCUT2D eigenvalue weighted by Crippen LogP contribution is -2.45. The summed E-state index contributed by atoms with van der Waals surface area (Å²) in [6, 6.07) is 8.24. The number of likely N-dealkylation sites (N-methyl/N-ethyl adjacent to an activating group) is 1. The topological polar surface area (TPSA) is 58.4 Å². The molecule has 1 heterocycles. The van der Waals surface area contributed by atoms with Crippen molar-refractivity contribution in [3.8, 4) is 0 Å². The van der Waals surface area contributed by atoms with E-state index in [4.69, 9.17) is 5.73 Å². The fraction of sp³-hybridized carbons (Fsp3) is 0.533. The van der Waals surface area contributed by atoms with Crippen molar-refractivity contribution in [3.05, 3.63) is 35.4 Å². The highest BCUT2D eigenvalue weighted by Gasteiger charge is 2.19. The highest BCUT2D eigenvalue weighted by Crippen LogP contribution is 2.14. The third-order valence-electron chi connectivity index (χ3n) is 3.82. The molecule has 0 spiro atoms. The molecule has 1 unspecified atom stereocenters. The minimum atomic E-state index is -0.365. The van der Waals surface area contributed by atoms with Crippen LogP contribution in [0.25, 0.3) is 0 Å². The first kappa shape index (κ1) is 14.0. The highest BCUT2D eigenvalue weighted by molar-refractivity contribution is 5.92. The molecule has 1 fully saturated rings. The monoisotopic (exact) mass is 261 g/mol. The van der Waals surface area contributed by atoms with Gasteiger partial charge in [0.15, 0.2) is 0 Å². The van der Waals surface area contributed by atoms with Gasteiger partial charge in [-0.2, -0.15) is 0 Å². The van der Waals surface area contributed by atoms with E-state index in [1.165, 1.54) is 18.4 Å². The Bertz CT molecular complexity index is 410. The van der Waals surface area contributed by atoms with Crippen molar-refractivity contribution in [1.82, 2.24) is 10.2 Å². The molecule has 1 atom stereocenters. The van der Waals surface area contributed by atoms with E-state index < -0.39 is 0 Å². The molecule has 0 radical (unpaired) electrons. The lowest BCUT2D eigenvalue weighted by molar-refractivity contribution is 0.1000. The van der Waals surface area contributed by atoms with E-state index in [0.717, 1.165) is 26.2 Å². The molecule has 4 heteroatoms. The number of nitrogens with two attached hydrogens (primary N) is 1. The lowest BCUT2D eigenvalue weighted by Gasteiger charge is -2.34. The maximum absolute atomic E-state index is 11.0. The van der Waals surface area contributed by atoms with Crippen LogP contribution in [0.2, 0.25) is 0 Å². The molecule has 0 aliphatic carbocycles. The number of hydrogen-bond donors (Lipinski definition) is 2. The van der Waals surface area contributed by atoms with Crippen molar-refractivity contribution in [1.29, 1.82) is 0 Å². The average molecular weight is 261 g/mol. The first-order valence-corrected chi connectivity index (χ1v) is 7.04. The molecule has 19 heavy (non-hydrogen) atoms. The van der Waals surface area contributed by atoms with Gasteiger partial charge in [0, 0.05) is 24.7 Å². The van der Waals surface area contributed by atoms with E-state index in [-0.39, 0.29) is 5.91 Å². The zero-order chi connectivity index (χ0) is 13.7. The fourth-order valence-corrected chi connectivity index (χ4v) is 2.65. The smallest absolute Gasteiger partial charge is 0.248 e. The molecular weight excluding hydrogens is 238 g/mol. The van der Waals surface area contributed by atoms with Crippen LogP contribution in [0.4, 0.5) is 0 Å². The van der Waals surface area contributed by atoms with Crippen LogP contribution in [0.3, 0.4) is 0 Å². The minimum absolute atomic E-state index is 0.365. The van der Waals surface area contributed by atoms with Crippen LogP contribution in [-0.2, 0) is 6.54 Å². The van der Waals surface area contributed by atoms with Crippen LogP contribution in [0.5, 0.6) is 0 Å². The van der Waals surface area contributed by atoms with Gasteiger partial charge in [-0.3, -0.25) is 9.69 Å². The van der Waals surface area contributed by atoms with Crippen molar-refractivity contribution >= 4 is 5.91 Å². The summed E-state index contributed by atoms with van der Waals surface area (Å²) >= 11 is 0. The molecule has 1 aromatic rings. The molecule has 1 saturated heterocycles. The fourth-order valence-electron chi connectivity index (χ4n) is 2.65. The van der Waals surface area contributed by atoms with Crippen molar-refractivity contribution in [2.24, 2.45) is 5.73 Å². The molecule has 1 aliphatic heterocycles.